The van der Waals surface area contributed by atoms with E-state index in [1.807, 2.05) is 0 Å². The number of aromatic nitrogens is 2. The van der Waals surface area contributed by atoms with Gasteiger partial charge >= 0.3 is 0 Å². The number of rotatable bonds is 2. The number of anilines is 2. The van der Waals surface area contributed by atoms with Gasteiger partial charge < -0.3 is 16.4 Å². The summed E-state index contributed by atoms with van der Waals surface area (Å²) in [5.41, 5.74) is 8.58. The zero-order valence-electron chi connectivity index (χ0n) is 12.5. The topological polar surface area (TPSA) is 75.9 Å². The minimum absolute atomic E-state index is 0.106. The molecule has 2 heterocycles. The van der Waals surface area contributed by atoms with Crippen molar-refractivity contribution in [2.75, 3.05) is 24.1 Å². The second-order valence-corrected chi connectivity index (χ2v) is 6.67. The summed E-state index contributed by atoms with van der Waals surface area (Å²) in [7, 11) is 0. The van der Waals surface area contributed by atoms with Crippen molar-refractivity contribution in [3.8, 4) is 0 Å². The minimum atomic E-state index is 0.106. The van der Waals surface area contributed by atoms with Crippen LogP contribution in [0.1, 0.15) is 50.8 Å². The van der Waals surface area contributed by atoms with Gasteiger partial charge in [-0.05, 0) is 45.2 Å². The van der Waals surface area contributed by atoms with Crippen LogP contribution in [0.3, 0.4) is 0 Å². The maximum atomic E-state index is 6.16. The normalized spacial score (nSPS) is 22.3. The number of nitrogens with one attached hydrogen (secondary N) is 2. The Kier molecular flexibility index (Phi) is 3.54. The minimum Gasteiger partial charge on any atom is -0.383 e. The third-order valence-electron chi connectivity index (χ3n) is 4.58. The Morgan fingerprint density at radius 1 is 1.25 bits per heavy atom. The van der Waals surface area contributed by atoms with E-state index in [4.69, 9.17) is 10.7 Å². The maximum Gasteiger partial charge on any atom is 0.225 e. The molecule has 0 radical (unpaired) electrons. The zero-order valence-corrected chi connectivity index (χ0v) is 12.5. The summed E-state index contributed by atoms with van der Waals surface area (Å²) >= 11 is 0. The van der Waals surface area contributed by atoms with Gasteiger partial charge in [0.1, 0.15) is 5.82 Å². The Bertz CT molecular complexity index is 491. The van der Waals surface area contributed by atoms with E-state index in [0.717, 1.165) is 43.6 Å². The van der Waals surface area contributed by atoms with Crippen LogP contribution in [0, 0.1) is 0 Å². The Morgan fingerprint density at radius 2 is 2.00 bits per heavy atom. The molecule has 0 unspecified atom stereocenters. The van der Waals surface area contributed by atoms with Crippen molar-refractivity contribution in [2.24, 2.45) is 0 Å². The number of piperidine rings is 1. The van der Waals surface area contributed by atoms with E-state index in [1.165, 1.54) is 12.8 Å². The van der Waals surface area contributed by atoms with Gasteiger partial charge in [-0.15, -0.1) is 0 Å². The van der Waals surface area contributed by atoms with Crippen molar-refractivity contribution in [2.45, 2.75) is 57.4 Å². The van der Waals surface area contributed by atoms with Crippen LogP contribution >= 0.6 is 0 Å². The number of nitrogens with two attached hydrogens (primary N) is 1. The van der Waals surface area contributed by atoms with Crippen LogP contribution in [0.2, 0.25) is 0 Å². The van der Waals surface area contributed by atoms with E-state index in [9.17, 15) is 0 Å². The first-order chi connectivity index (χ1) is 9.56. The molecule has 0 spiro atoms. The van der Waals surface area contributed by atoms with Crippen molar-refractivity contribution in [3.05, 3.63) is 11.3 Å². The molecule has 1 fully saturated rings. The van der Waals surface area contributed by atoms with Crippen molar-refractivity contribution in [3.63, 3.8) is 0 Å². The van der Waals surface area contributed by atoms with Crippen molar-refractivity contribution in [1.29, 1.82) is 0 Å². The van der Waals surface area contributed by atoms with Crippen LogP contribution in [0.15, 0.2) is 0 Å². The summed E-state index contributed by atoms with van der Waals surface area (Å²) in [6.45, 7) is 6.63. The number of nitrogen functional groups attached to an aromatic ring is 1. The highest BCUT2D eigenvalue weighted by molar-refractivity contribution is 5.50. The Balaban J connectivity index is 1.87. The highest BCUT2D eigenvalue weighted by atomic mass is 15.1. The quantitative estimate of drug-likeness (QED) is 0.768. The van der Waals surface area contributed by atoms with Gasteiger partial charge in [-0.3, -0.25) is 0 Å². The van der Waals surface area contributed by atoms with Crippen molar-refractivity contribution >= 4 is 11.8 Å². The Labute approximate surface area is 120 Å². The van der Waals surface area contributed by atoms with Crippen LogP contribution in [-0.4, -0.2) is 29.1 Å². The van der Waals surface area contributed by atoms with Crippen LogP contribution in [0.4, 0.5) is 11.8 Å². The van der Waals surface area contributed by atoms with E-state index in [-0.39, 0.29) is 5.41 Å². The molecule has 0 saturated carbocycles. The van der Waals surface area contributed by atoms with Gasteiger partial charge in [-0.1, -0.05) is 13.8 Å². The number of hydrogen-bond acceptors (Lipinski definition) is 5. The molecule has 0 atom stereocenters. The van der Waals surface area contributed by atoms with Gasteiger partial charge in [-0.2, -0.15) is 4.98 Å². The summed E-state index contributed by atoms with van der Waals surface area (Å²) in [6.07, 6.45) is 5.59. The first-order valence-corrected chi connectivity index (χ1v) is 7.70. The van der Waals surface area contributed by atoms with Crippen LogP contribution < -0.4 is 16.4 Å². The Morgan fingerprint density at radius 3 is 2.75 bits per heavy atom. The van der Waals surface area contributed by atoms with Gasteiger partial charge in [0, 0.05) is 17.0 Å². The molecule has 4 N–H and O–H groups in total. The number of fused-ring (bicyclic) bond motifs is 1. The van der Waals surface area contributed by atoms with Crippen LogP contribution in [-0.2, 0) is 11.8 Å². The SMILES string of the molecule is CC1(C)CCCc2c(N)nc(NC3CCNCC3)nc21. The van der Waals surface area contributed by atoms with E-state index in [2.05, 4.69) is 29.5 Å². The van der Waals surface area contributed by atoms with Gasteiger partial charge in [0.15, 0.2) is 0 Å². The van der Waals surface area contributed by atoms with E-state index in [1.54, 1.807) is 0 Å². The highest BCUT2D eigenvalue weighted by Gasteiger charge is 2.31. The van der Waals surface area contributed by atoms with Crippen molar-refractivity contribution in [1.82, 2.24) is 15.3 Å². The molecule has 5 heteroatoms. The molecule has 0 aromatic carbocycles. The predicted molar refractivity (Wildman–Crippen MR) is 81.9 cm³/mol. The number of hydrogen-bond donors (Lipinski definition) is 3. The summed E-state index contributed by atoms with van der Waals surface area (Å²) < 4.78 is 0. The first-order valence-electron chi connectivity index (χ1n) is 7.70. The van der Waals surface area contributed by atoms with Crippen LogP contribution in [0.5, 0.6) is 0 Å². The van der Waals surface area contributed by atoms with Gasteiger partial charge in [-0.25, -0.2) is 4.98 Å². The predicted octanol–water partition coefficient (Wildman–Crippen LogP) is 1.84. The second-order valence-electron chi connectivity index (χ2n) is 6.67. The molecule has 0 amide bonds. The molecule has 1 saturated heterocycles. The van der Waals surface area contributed by atoms with E-state index in [0.29, 0.717) is 17.8 Å². The number of nitrogens with zero attached hydrogens (tertiary/aromatic N) is 2. The van der Waals surface area contributed by atoms with E-state index >= 15 is 0 Å². The summed E-state index contributed by atoms with van der Waals surface area (Å²) in [5.74, 6) is 1.38. The summed E-state index contributed by atoms with van der Waals surface area (Å²) in [4.78, 5) is 9.28. The summed E-state index contributed by atoms with van der Waals surface area (Å²) in [6, 6.07) is 0.459. The molecule has 110 valence electrons. The lowest BCUT2D eigenvalue weighted by Gasteiger charge is -2.32. The monoisotopic (exact) mass is 275 g/mol. The second kappa shape index (κ2) is 5.20. The molecule has 5 nitrogen and oxygen atoms in total. The molecule has 0 bridgehead atoms. The van der Waals surface area contributed by atoms with Crippen LogP contribution in [0.25, 0.3) is 0 Å². The lowest BCUT2D eigenvalue weighted by atomic mass is 9.76. The fourth-order valence-corrected chi connectivity index (χ4v) is 3.35. The molecule has 2 aliphatic rings. The van der Waals surface area contributed by atoms with Gasteiger partial charge in [0.2, 0.25) is 5.95 Å². The molecular weight excluding hydrogens is 250 g/mol. The van der Waals surface area contributed by atoms with Crippen molar-refractivity contribution < 1.29 is 0 Å². The molecule has 1 aromatic rings. The average molecular weight is 275 g/mol. The molecule has 3 rings (SSSR count). The third-order valence-corrected chi connectivity index (χ3v) is 4.58. The lowest BCUT2D eigenvalue weighted by molar-refractivity contribution is 0.417. The fourth-order valence-electron chi connectivity index (χ4n) is 3.35. The molecule has 1 aliphatic carbocycles. The van der Waals surface area contributed by atoms with Gasteiger partial charge in [0.05, 0.1) is 5.69 Å². The largest absolute Gasteiger partial charge is 0.383 e. The molecule has 1 aliphatic heterocycles. The average Bonchev–Trinajstić information content (AvgIpc) is 2.41. The standard InChI is InChI=1S/C15H25N5/c1-15(2)7-3-4-11-12(15)19-14(20-13(11)16)18-10-5-8-17-9-6-10/h10,17H,3-9H2,1-2H3,(H3,16,18,19,20). The highest BCUT2D eigenvalue weighted by Crippen LogP contribution is 2.37. The zero-order chi connectivity index (χ0) is 14.2. The van der Waals surface area contributed by atoms with E-state index < -0.39 is 0 Å². The Hall–Kier alpha value is -1.36. The van der Waals surface area contributed by atoms with Gasteiger partial charge in [0.25, 0.3) is 0 Å². The summed E-state index contributed by atoms with van der Waals surface area (Å²) in [5, 5.41) is 6.84. The smallest absolute Gasteiger partial charge is 0.225 e. The third kappa shape index (κ3) is 2.59. The lowest BCUT2D eigenvalue weighted by Crippen LogP contribution is -2.36. The molecule has 1 aromatic heterocycles. The maximum absolute atomic E-state index is 6.16. The molecular formula is C15H25N5. The molecule has 20 heavy (non-hydrogen) atoms. The first kappa shape index (κ1) is 13.6. The fraction of sp³-hybridized carbons (Fsp3) is 0.733.